The molecule has 16 rings (SSSR count). The molecule has 12 bridgehead atoms. The number of ether oxygens (including phenoxy) is 3. The zero-order chi connectivity index (χ0) is 44.7. The average Bonchev–Trinajstić information content (AvgIpc) is 3.27. The van der Waals surface area contributed by atoms with E-state index >= 15 is 0 Å². The Bertz CT molecular complexity index is 2740. The molecule has 9 heteroatoms. The van der Waals surface area contributed by atoms with Gasteiger partial charge in [-0.1, -0.05) is 0 Å². The first-order valence-corrected chi connectivity index (χ1v) is 25.2. The molecule has 12 fully saturated rings. The molecule has 9 nitrogen and oxygen atoms in total. The summed E-state index contributed by atoms with van der Waals surface area (Å²) in [7, 11) is 0. The molecule has 0 aromatic heterocycles. The van der Waals surface area contributed by atoms with Crippen molar-refractivity contribution in [2.75, 3.05) is 17.2 Å². The number of anilines is 3. The lowest BCUT2D eigenvalue weighted by atomic mass is 9.43. The number of benzene rings is 4. The second kappa shape index (κ2) is 14.6. The molecule has 0 saturated heterocycles. The van der Waals surface area contributed by atoms with Crippen LogP contribution in [0.5, 0.6) is 34.5 Å². The Hall–Kier alpha value is -5.85. The van der Waals surface area contributed by atoms with E-state index in [1.807, 2.05) is 36.4 Å². The molecule has 0 unspecified atom stereocenters. The molecule has 4 aromatic carbocycles. The number of rotatable bonds is 9. The predicted molar refractivity (Wildman–Crippen MR) is 253 cm³/mol. The number of nitriles is 3. The summed E-state index contributed by atoms with van der Waals surface area (Å²) >= 11 is 0. The fraction of sp³-hybridized carbons (Fsp3) is 0.526. The van der Waals surface area contributed by atoms with E-state index in [9.17, 15) is 15.8 Å². The molecule has 12 aliphatic rings. The maximum Gasteiger partial charge on any atom is 0.177 e. The molecule has 0 amide bonds. The van der Waals surface area contributed by atoms with Gasteiger partial charge in [0.25, 0.3) is 0 Å². The first-order chi connectivity index (χ1) is 32.0. The predicted octanol–water partition coefficient (Wildman–Crippen LogP) is 12.8. The zero-order valence-corrected chi connectivity index (χ0v) is 37.9. The Kier molecular flexibility index (Phi) is 8.93. The van der Waals surface area contributed by atoms with Crippen LogP contribution >= 0.6 is 0 Å². The van der Waals surface area contributed by atoms with E-state index in [2.05, 4.69) is 18.2 Å². The second-order valence-corrected chi connectivity index (χ2v) is 23.6. The van der Waals surface area contributed by atoms with Gasteiger partial charge in [-0.15, -0.1) is 0 Å². The molecule has 0 atom stereocenters. The minimum Gasteiger partial charge on any atom is -0.455 e. The van der Waals surface area contributed by atoms with Crippen molar-refractivity contribution in [3.05, 3.63) is 88.0 Å². The summed E-state index contributed by atoms with van der Waals surface area (Å²) in [4.78, 5) is 0. The van der Waals surface area contributed by atoms with Crippen LogP contribution in [0.2, 0.25) is 0 Å². The molecule has 0 aliphatic heterocycles. The zero-order valence-electron chi connectivity index (χ0n) is 37.9. The monoisotopic (exact) mass is 876 g/mol. The lowest BCUT2D eigenvalue weighted by Gasteiger charge is -2.62. The molecule has 4 aromatic rings. The Labute approximate surface area is 388 Å². The second-order valence-electron chi connectivity index (χ2n) is 23.6. The maximum atomic E-state index is 10.8. The first-order valence-electron chi connectivity index (χ1n) is 25.2. The highest BCUT2D eigenvalue weighted by molar-refractivity contribution is 5.74. The number of nitrogens with zero attached hydrogens (tertiary/aromatic N) is 3. The van der Waals surface area contributed by atoms with Gasteiger partial charge in [-0.25, -0.2) is 0 Å². The van der Waals surface area contributed by atoms with E-state index in [4.69, 9.17) is 31.4 Å². The molecule has 12 aliphatic carbocycles. The van der Waals surface area contributed by atoms with E-state index in [0.29, 0.717) is 116 Å². The van der Waals surface area contributed by atoms with Crippen LogP contribution in [0, 0.1) is 87.3 Å². The number of hydrogen-bond donors (Lipinski definition) is 3. The Morgan fingerprint density at radius 3 is 0.894 bits per heavy atom. The quantitative estimate of drug-likeness (QED) is 0.138. The van der Waals surface area contributed by atoms with Crippen LogP contribution in [0.4, 0.5) is 17.1 Å². The first kappa shape index (κ1) is 40.4. The number of nitrogens with two attached hydrogens (primary N) is 3. The van der Waals surface area contributed by atoms with Gasteiger partial charge in [-0.3, -0.25) is 0 Å². The van der Waals surface area contributed by atoms with Gasteiger partial charge in [-0.2, -0.15) is 15.8 Å². The molecule has 0 spiro atoms. The van der Waals surface area contributed by atoms with Crippen LogP contribution in [0.25, 0.3) is 0 Å². The highest BCUT2D eigenvalue weighted by Gasteiger charge is 2.62. The van der Waals surface area contributed by atoms with Gasteiger partial charge in [-0.05, 0) is 223 Å². The average molecular weight is 877 g/mol. The third-order valence-corrected chi connectivity index (χ3v) is 19.1. The van der Waals surface area contributed by atoms with E-state index in [1.165, 1.54) is 68.9 Å². The largest absolute Gasteiger partial charge is 0.455 e. The van der Waals surface area contributed by atoms with Gasteiger partial charge in [0, 0.05) is 50.0 Å². The highest BCUT2D eigenvalue weighted by Crippen LogP contribution is 2.73. The molecule has 6 N–H and O–H groups in total. The van der Waals surface area contributed by atoms with Crippen molar-refractivity contribution < 1.29 is 14.2 Å². The van der Waals surface area contributed by atoms with Crippen molar-refractivity contribution in [2.24, 2.45) is 53.3 Å². The summed E-state index contributed by atoms with van der Waals surface area (Å²) in [5.41, 5.74) is 24.6. The summed E-state index contributed by atoms with van der Waals surface area (Å²) in [6.07, 6.45) is 20.9. The van der Waals surface area contributed by atoms with E-state index in [1.54, 1.807) is 18.2 Å². The van der Waals surface area contributed by atoms with Gasteiger partial charge in [0.2, 0.25) is 0 Å². The molecule has 336 valence electrons. The molecular weight excluding hydrogens is 817 g/mol. The van der Waals surface area contributed by atoms with Crippen LogP contribution < -0.4 is 31.4 Å². The fourth-order valence-electron chi connectivity index (χ4n) is 18.2. The fourth-order valence-corrected chi connectivity index (χ4v) is 18.2. The number of nitrogen functional groups attached to an aromatic ring is 3. The summed E-state index contributed by atoms with van der Waals surface area (Å²) < 4.78 is 23.2. The maximum absolute atomic E-state index is 10.8. The van der Waals surface area contributed by atoms with Gasteiger partial charge in [0.15, 0.2) is 11.5 Å². The number of hydrogen-bond acceptors (Lipinski definition) is 9. The molecule has 66 heavy (non-hydrogen) atoms. The van der Waals surface area contributed by atoms with E-state index in [0.717, 1.165) is 69.1 Å². The smallest absolute Gasteiger partial charge is 0.177 e. The van der Waals surface area contributed by atoms with Crippen LogP contribution in [-0.2, 0) is 16.2 Å². The van der Waals surface area contributed by atoms with Crippen LogP contribution in [0.3, 0.4) is 0 Å². The minimum absolute atomic E-state index is 0.185. The van der Waals surface area contributed by atoms with E-state index < -0.39 is 0 Å². The SMILES string of the molecule is N#Cc1cc(N)ccc1Oc1c(Oc2ccc(N)cc2C#N)c(C23CC4CC(CC(C4)C2)C3)c(C23CC4CC(CC(C4)C2)C3)c(Oc2ccc(N)cc2C#N)c1C12CC3CC(CC(C3)C1)C2. The topological polar surface area (TPSA) is 177 Å². The summed E-state index contributed by atoms with van der Waals surface area (Å²) in [5, 5.41) is 32.4. The van der Waals surface area contributed by atoms with Crippen LogP contribution in [0.15, 0.2) is 54.6 Å². The summed E-state index contributed by atoms with van der Waals surface area (Å²) in [6.45, 7) is 0. The third-order valence-electron chi connectivity index (χ3n) is 19.1. The molecule has 0 heterocycles. The molecular formula is C57H60N6O3. The normalized spacial score (nSPS) is 35.9. The van der Waals surface area contributed by atoms with Crippen LogP contribution in [-0.4, -0.2) is 0 Å². The summed E-state index contributed by atoms with van der Waals surface area (Å²) in [5.74, 6) is 9.02. The van der Waals surface area contributed by atoms with Gasteiger partial charge < -0.3 is 31.4 Å². The van der Waals surface area contributed by atoms with Crippen molar-refractivity contribution in [2.45, 2.75) is 132 Å². The summed E-state index contributed by atoms with van der Waals surface area (Å²) in [6, 6.07) is 23.6. The van der Waals surface area contributed by atoms with Gasteiger partial charge in [0.1, 0.15) is 41.2 Å². The standard InChI is InChI=1S/C57H60N6O3/c58-28-40-16-43(61)1-4-46(40)64-52-49(55-19-31-7-32(20-55)9-33(8-31)21-55)50(56-22-34-10-35(23-56)12-36(11-34)24-56)53(65-47-5-2-44(62)17-41(47)29-59)54(66-48-6-3-45(63)18-42(48)30-60)51(52)57-25-37-13-38(26-57)15-39(14-37)27-57/h1-6,16-18,31-39H,7-15,19-27,61-63H2. The van der Waals surface area contributed by atoms with Crippen molar-refractivity contribution >= 4 is 17.1 Å². The van der Waals surface area contributed by atoms with Crippen molar-refractivity contribution in [3.8, 4) is 52.7 Å². The Morgan fingerprint density at radius 2 is 0.606 bits per heavy atom. The van der Waals surface area contributed by atoms with Crippen molar-refractivity contribution in [1.29, 1.82) is 15.8 Å². The van der Waals surface area contributed by atoms with Crippen LogP contribution in [0.1, 0.15) is 149 Å². The third kappa shape index (κ3) is 6.26. The highest BCUT2D eigenvalue weighted by atomic mass is 16.5. The van der Waals surface area contributed by atoms with Gasteiger partial charge >= 0.3 is 0 Å². The van der Waals surface area contributed by atoms with Crippen molar-refractivity contribution in [3.63, 3.8) is 0 Å². The Morgan fingerprint density at radius 1 is 0.364 bits per heavy atom. The lowest BCUT2D eigenvalue weighted by molar-refractivity contribution is -0.0205. The van der Waals surface area contributed by atoms with E-state index in [-0.39, 0.29) is 16.2 Å². The minimum atomic E-state index is -0.324. The van der Waals surface area contributed by atoms with Gasteiger partial charge in [0.05, 0.1) is 16.7 Å². The molecule has 12 saturated carbocycles. The Balaban J connectivity index is 1.21. The molecule has 0 radical (unpaired) electrons. The lowest BCUT2D eigenvalue weighted by Crippen LogP contribution is -2.53. The van der Waals surface area contributed by atoms with Crippen molar-refractivity contribution in [1.82, 2.24) is 0 Å².